The van der Waals surface area contributed by atoms with Gasteiger partial charge in [0.2, 0.25) is 0 Å². The maximum atomic E-state index is 10.7. The standard InChI is InChI=1S/C13H20N2O2/c1-11-5-4-6-13(14-11)9-15(3)7-8-17-10-12(2)16/h4-6H,7-10H2,1-3H3. The summed E-state index contributed by atoms with van der Waals surface area (Å²) in [6, 6.07) is 6.01. The monoisotopic (exact) mass is 236 g/mol. The van der Waals surface area contributed by atoms with Crippen molar-refractivity contribution >= 4 is 5.78 Å². The number of hydrogen-bond acceptors (Lipinski definition) is 4. The van der Waals surface area contributed by atoms with Crippen molar-refractivity contribution in [1.29, 1.82) is 0 Å². The molecule has 0 fully saturated rings. The van der Waals surface area contributed by atoms with Gasteiger partial charge in [-0.2, -0.15) is 0 Å². The Kier molecular flexibility index (Phi) is 5.80. The van der Waals surface area contributed by atoms with Crippen LogP contribution in [0.15, 0.2) is 18.2 Å². The van der Waals surface area contributed by atoms with Crippen LogP contribution in [0.5, 0.6) is 0 Å². The van der Waals surface area contributed by atoms with Gasteiger partial charge in [-0.1, -0.05) is 6.07 Å². The van der Waals surface area contributed by atoms with E-state index < -0.39 is 0 Å². The molecule has 0 spiro atoms. The number of hydrogen-bond donors (Lipinski definition) is 0. The average molecular weight is 236 g/mol. The number of aryl methyl sites for hydroxylation is 1. The minimum Gasteiger partial charge on any atom is -0.372 e. The van der Waals surface area contributed by atoms with Crippen LogP contribution in [0.3, 0.4) is 0 Å². The van der Waals surface area contributed by atoms with E-state index in [2.05, 4.69) is 9.88 Å². The number of aromatic nitrogens is 1. The molecule has 1 rings (SSSR count). The fourth-order valence-electron chi connectivity index (χ4n) is 1.48. The lowest BCUT2D eigenvalue weighted by atomic mass is 10.3. The lowest BCUT2D eigenvalue weighted by Crippen LogP contribution is -2.24. The molecule has 4 heteroatoms. The second-order valence-electron chi connectivity index (χ2n) is 4.26. The Morgan fingerprint density at radius 2 is 2.24 bits per heavy atom. The SMILES string of the molecule is CC(=O)COCCN(C)Cc1cccc(C)n1. The van der Waals surface area contributed by atoms with Crippen LogP contribution in [0.25, 0.3) is 0 Å². The van der Waals surface area contributed by atoms with Crippen molar-refractivity contribution in [3.8, 4) is 0 Å². The molecule has 1 heterocycles. The van der Waals surface area contributed by atoms with Crippen LogP contribution >= 0.6 is 0 Å². The van der Waals surface area contributed by atoms with Crippen LogP contribution in [0.1, 0.15) is 18.3 Å². The topological polar surface area (TPSA) is 42.4 Å². The summed E-state index contributed by atoms with van der Waals surface area (Å²) in [5.74, 6) is 0.0630. The third-order valence-electron chi connectivity index (χ3n) is 2.30. The van der Waals surface area contributed by atoms with Crippen molar-refractivity contribution in [2.24, 2.45) is 0 Å². The highest BCUT2D eigenvalue weighted by Gasteiger charge is 2.02. The van der Waals surface area contributed by atoms with Gasteiger partial charge in [0.1, 0.15) is 6.61 Å². The molecule has 0 unspecified atom stereocenters. The molecule has 17 heavy (non-hydrogen) atoms. The highest BCUT2D eigenvalue weighted by atomic mass is 16.5. The molecule has 0 N–H and O–H groups in total. The smallest absolute Gasteiger partial charge is 0.155 e. The van der Waals surface area contributed by atoms with E-state index in [1.165, 1.54) is 6.92 Å². The van der Waals surface area contributed by atoms with E-state index in [4.69, 9.17) is 4.74 Å². The van der Waals surface area contributed by atoms with Crippen molar-refractivity contribution in [3.05, 3.63) is 29.6 Å². The highest BCUT2D eigenvalue weighted by Crippen LogP contribution is 2.01. The molecule has 0 aliphatic carbocycles. The van der Waals surface area contributed by atoms with Crippen LogP contribution in [0, 0.1) is 6.92 Å². The number of rotatable bonds is 7. The normalized spacial score (nSPS) is 10.8. The van der Waals surface area contributed by atoms with Gasteiger partial charge in [-0.15, -0.1) is 0 Å². The molecule has 0 aromatic carbocycles. The van der Waals surface area contributed by atoms with Crippen molar-refractivity contribution in [2.75, 3.05) is 26.8 Å². The van der Waals surface area contributed by atoms with Crippen molar-refractivity contribution < 1.29 is 9.53 Å². The van der Waals surface area contributed by atoms with Gasteiger partial charge < -0.3 is 4.74 Å². The van der Waals surface area contributed by atoms with Gasteiger partial charge >= 0.3 is 0 Å². The molecule has 1 aromatic rings. The Balaban J connectivity index is 2.25. The maximum Gasteiger partial charge on any atom is 0.155 e. The number of carbonyl (C=O) groups excluding carboxylic acids is 1. The Bertz CT molecular complexity index is 366. The van der Waals surface area contributed by atoms with E-state index in [0.717, 1.165) is 24.5 Å². The van der Waals surface area contributed by atoms with Crippen LogP contribution in [0.2, 0.25) is 0 Å². The largest absolute Gasteiger partial charge is 0.372 e. The van der Waals surface area contributed by atoms with E-state index in [1.54, 1.807) is 0 Å². The Labute approximate surface area is 103 Å². The number of carbonyl (C=O) groups is 1. The van der Waals surface area contributed by atoms with E-state index in [1.807, 2.05) is 32.2 Å². The second-order valence-corrected chi connectivity index (χ2v) is 4.26. The van der Waals surface area contributed by atoms with Gasteiger partial charge in [0.05, 0.1) is 12.3 Å². The third kappa shape index (κ3) is 6.14. The predicted octanol–water partition coefficient (Wildman–Crippen LogP) is 1.43. The molecule has 0 radical (unpaired) electrons. The van der Waals surface area contributed by atoms with E-state index >= 15 is 0 Å². The summed E-state index contributed by atoms with van der Waals surface area (Å²) in [7, 11) is 2.02. The molecule has 94 valence electrons. The fourth-order valence-corrected chi connectivity index (χ4v) is 1.48. The molecule has 0 atom stereocenters. The molecule has 0 aliphatic rings. The Morgan fingerprint density at radius 3 is 2.88 bits per heavy atom. The summed E-state index contributed by atoms with van der Waals surface area (Å²) in [4.78, 5) is 17.2. The summed E-state index contributed by atoms with van der Waals surface area (Å²) in [5, 5.41) is 0. The molecular weight excluding hydrogens is 216 g/mol. The van der Waals surface area contributed by atoms with Gasteiger partial charge in [-0.25, -0.2) is 0 Å². The number of pyridine rings is 1. The number of likely N-dealkylation sites (N-methyl/N-ethyl adjacent to an activating group) is 1. The summed E-state index contributed by atoms with van der Waals surface area (Å²) in [6.07, 6.45) is 0. The van der Waals surface area contributed by atoms with Gasteiger partial charge in [0.15, 0.2) is 5.78 Å². The van der Waals surface area contributed by atoms with Crippen LogP contribution < -0.4 is 0 Å². The van der Waals surface area contributed by atoms with Gasteiger partial charge in [-0.3, -0.25) is 14.7 Å². The zero-order valence-corrected chi connectivity index (χ0v) is 10.8. The summed E-state index contributed by atoms with van der Waals surface area (Å²) < 4.78 is 5.22. The first-order valence-electron chi connectivity index (χ1n) is 5.76. The molecule has 0 amide bonds. The van der Waals surface area contributed by atoms with Crippen molar-refractivity contribution in [2.45, 2.75) is 20.4 Å². The van der Waals surface area contributed by atoms with Crippen LogP contribution in [-0.4, -0.2) is 42.5 Å². The van der Waals surface area contributed by atoms with Crippen LogP contribution in [0.4, 0.5) is 0 Å². The van der Waals surface area contributed by atoms with Crippen molar-refractivity contribution in [3.63, 3.8) is 0 Å². The number of nitrogens with zero attached hydrogens (tertiary/aromatic N) is 2. The third-order valence-corrected chi connectivity index (χ3v) is 2.30. The summed E-state index contributed by atoms with van der Waals surface area (Å²) in [5.41, 5.74) is 2.09. The van der Waals surface area contributed by atoms with E-state index in [-0.39, 0.29) is 12.4 Å². The number of Topliss-reactive ketones (excluding diaryl/α,β-unsaturated/α-hetero) is 1. The number of ketones is 1. The average Bonchev–Trinajstić information content (AvgIpc) is 2.24. The summed E-state index contributed by atoms with van der Waals surface area (Å²) >= 11 is 0. The predicted molar refractivity (Wildman–Crippen MR) is 66.8 cm³/mol. The zero-order valence-electron chi connectivity index (χ0n) is 10.8. The molecule has 4 nitrogen and oxygen atoms in total. The molecule has 0 bridgehead atoms. The molecule has 1 aromatic heterocycles. The lowest BCUT2D eigenvalue weighted by molar-refractivity contribution is -0.121. The fraction of sp³-hybridized carbons (Fsp3) is 0.538. The first-order chi connectivity index (χ1) is 8.08. The minimum absolute atomic E-state index is 0.0630. The first-order valence-corrected chi connectivity index (χ1v) is 5.76. The van der Waals surface area contributed by atoms with Crippen molar-refractivity contribution in [1.82, 2.24) is 9.88 Å². The molecular formula is C13H20N2O2. The van der Waals surface area contributed by atoms with Gasteiger partial charge in [0, 0.05) is 18.8 Å². The van der Waals surface area contributed by atoms with Gasteiger partial charge in [-0.05, 0) is 33.0 Å². The minimum atomic E-state index is 0.0630. The Morgan fingerprint density at radius 1 is 1.47 bits per heavy atom. The Hall–Kier alpha value is -1.26. The first kappa shape index (κ1) is 13.8. The summed E-state index contributed by atoms with van der Waals surface area (Å²) in [6.45, 7) is 5.88. The quantitative estimate of drug-likeness (QED) is 0.672. The maximum absolute atomic E-state index is 10.7. The zero-order chi connectivity index (χ0) is 12.7. The van der Waals surface area contributed by atoms with E-state index in [0.29, 0.717) is 6.61 Å². The lowest BCUT2D eigenvalue weighted by Gasteiger charge is -2.16. The molecule has 0 saturated carbocycles. The molecule has 0 aliphatic heterocycles. The van der Waals surface area contributed by atoms with Crippen LogP contribution in [-0.2, 0) is 16.1 Å². The highest BCUT2D eigenvalue weighted by molar-refractivity contribution is 5.76. The second kappa shape index (κ2) is 7.14. The van der Waals surface area contributed by atoms with Gasteiger partial charge in [0.25, 0.3) is 0 Å². The van der Waals surface area contributed by atoms with E-state index in [9.17, 15) is 4.79 Å². The number of ether oxygens (including phenoxy) is 1. The molecule has 0 saturated heterocycles.